The highest BCUT2D eigenvalue weighted by molar-refractivity contribution is 5.91. The summed E-state index contributed by atoms with van der Waals surface area (Å²) in [5.41, 5.74) is 0.323. The van der Waals surface area contributed by atoms with Gasteiger partial charge in [-0.1, -0.05) is 18.9 Å². The summed E-state index contributed by atoms with van der Waals surface area (Å²) in [5, 5.41) is 11.5. The average Bonchev–Trinajstić information content (AvgIpc) is 2.89. The quantitative estimate of drug-likeness (QED) is 0.890. The Morgan fingerprint density at radius 1 is 1.35 bits per heavy atom. The first kappa shape index (κ1) is 14.3. The van der Waals surface area contributed by atoms with Crippen molar-refractivity contribution in [1.29, 1.82) is 0 Å². The van der Waals surface area contributed by atoms with Gasteiger partial charge in [0.1, 0.15) is 12.4 Å². The molecule has 0 radical (unpaired) electrons. The second-order valence-electron chi connectivity index (χ2n) is 4.90. The Morgan fingerprint density at radius 2 is 2.05 bits per heavy atom. The van der Waals surface area contributed by atoms with Crippen LogP contribution in [0, 0.1) is 5.82 Å². The standard InChI is InChI=1S/C14H17FN2O3/c15-10-4-3-5-11(8-10)16-14(20)17(9-13(18)19)12-6-1-2-7-12/h3-5,8,12H,1-2,6-7,9H2,(H,16,20)(H,18,19). The van der Waals surface area contributed by atoms with Gasteiger partial charge >= 0.3 is 12.0 Å². The topological polar surface area (TPSA) is 69.6 Å². The van der Waals surface area contributed by atoms with E-state index in [-0.39, 0.29) is 12.6 Å². The monoisotopic (exact) mass is 280 g/mol. The van der Waals surface area contributed by atoms with Crippen LogP contribution in [-0.4, -0.2) is 34.6 Å². The number of anilines is 1. The van der Waals surface area contributed by atoms with E-state index >= 15 is 0 Å². The highest BCUT2D eigenvalue weighted by Gasteiger charge is 2.28. The minimum atomic E-state index is -1.05. The van der Waals surface area contributed by atoms with Gasteiger partial charge in [-0.2, -0.15) is 0 Å². The van der Waals surface area contributed by atoms with Crippen LogP contribution >= 0.6 is 0 Å². The van der Waals surface area contributed by atoms with Crippen molar-refractivity contribution in [3.8, 4) is 0 Å². The molecule has 0 aromatic heterocycles. The fourth-order valence-corrected chi connectivity index (χ4v) is 2.49. The first-order chi connectivity index (χ1) is 9.56. The summed E-state index contributed by atoms with van der Waals surface area (Å²) in [7, 11) is 0. The molecule has 1 aromatic carbocycles. The van der Waals surface area contributed by atoms with Crippen LogP contribution in [-0.2, 0) is 4.79 Å². The van der Waals surface area contributed by atoms with Gasteiger partial charge in [0.05, 0.1) is 0 Å². The minimum absolute atomic E-state index is 0.0559. The Kier molecular flexibility index (Phi) is 4.55. The summed E-state index contributed by atoms with van der Waals surface area (Å²) in [6, 6.07) is 4.98. The van der Waals surface area contributed by atoms with Crippen LogP contribution < -0.4 is 5.32 Å². The van der Waals surface area contributed by atoms with Crippen molar-refractivity contribution in [3.05, 3.63) is 30.1 Å². The molecule has 6 heteroatoms. The summed E-state index contributed by atoms with van der Waals surface area (Å²) in [6.07, 6.45) is 3.61. The maximum absolute atomic E-state index is 13.1. The molecule has 0 spiro atoms. The van der Waals surface area contributed by atoms with E-state index in [0.717, 1.165) is 25.7 Å². The number of carbonyl (C=O) groups excluding carboxylic acids is 1. The Balaban J connectivity index is 2.07. The maximum atomic E-state index is 13.1. The van der Waals surface area contributed by atoms with Crippen LogP contribution in [0.4, 0.5) is 14.9 Å². The molecular formula is C14H17FN2O3. The van der Waals surface area contributed by atoms with Gasteiger partial charge in [-0.05, 0) is 31.0 Å². The first-order valence-corrected chi connectivity index (χ1v) is 6.61. The summed E-state index contributed by atoms with van der Waals surface area (Å²) in [5.74, 6) is -1.50. The van der Waals surface area contributed by atoms with Gasteiger partial charge in [-0.25, -0.2) is 9.18 Å². The molecule has 0 heterocycles. The van der Waals surface area contributed by atoms with E-state index in [2.05, 4.69) is 5.32 Å². The summed E-state index contributed by atoms with van der Waals surface area (Å²) in [6.45, 7) is -0.341. The number of urea groups is 1. The number of carbonyl (C=O) groups is 2. The SMILES string of the molecule is O=C(O)CN(C(=O)Nc1cccc(F)c1)C1CCCC1. The average molecular weight is 280 g/mol. The van der Waals surface area contributed by atoms with Crippen LogP contribution in [0.3, 0.4) is 0 Å². The third-order valence-electron chi connectivity index (χ3n) is 3.41. The van der Waals surface area contributed by atoms with Crippen molar-refractivity contribution < 1.29 is 19.1 Å². The molecule has 20 heavy (non-hydrogen) atoms. The lowest BCUT2D eigenvalue weighted by Gasteiger charge is -2.27. The van der Waals surface area contributed by atoms with Crippen molar-refractivity contribution in [2.24, 2.45) is 0 Å². The summed E-state index contributed by atoms with van der Waals surface area (Å²) in [4.78, 5) is 24.4. The number of hydrogen-bond donors (Lipinski definition) is 2. The van der Waals surface area contributed by atoms with E-state index in [1.165, 1.54) is 23.1 Å². The summed E-state index contributed by atoms with van der Waals surface area (Å²) < 4.78 is 13.1. The zero-order valence-corrected chi connectivity index (χ0v) is 11.0. The van der Waals surface area contributed by atoms with Crippen molar-refractivity contribution in [2.75, 3.05) is 11.9 Å². The lowest BCUT2D eigenvalue weighted by Crippen LogP contribution is -2.44. The Morgan fingerprint density at radius 3 is 2.65 bits per heavy atom. The van der Waals surface area contributed by atoms with Gasteiger partial charge in [0.2, 0.25) is 0 Å². The maximum Gasteiger partial charge on any atom is 0.323 e. The van der Waals surface area contributed by atoms with E-state index < -0.39 is 17.8 Å². The van der Waals surface area contributed by atoms with Crippen molar-refractivity contribution in [2.45, 2.75) is 31.7 Å². The number of nitrogens with zero attached hydrogens (tertiary/aromatic N) is 1. The highest BCUT2D eigenvalue weighted by atomic mass is 19.1. The number of amides is 2. The van der Waals surface area contributed by atoms with E-state index in [1.54, 1.807) is 6.07 Å². The van der Waals surface area contributed by atoms with Crippen LogP contribution in [0.15, 0.2) is 24.3 Å². The number of carboxylic acids is 1. The van der Waals surface area contributed by atoms with Crippen molar-refractivity contribution in [1.82, 2.24) is 4.90 Å². The first-order valence-electron chi connectivity index (χ1n) is 6.61. The number of halogens is 1. The van der Waals surface area contributed by atoms with Gasteiger partial charge in [0.25, 0.3) is 0 Å². The third-order valence-corrected chi connectivity index (χ3v) is 3.41. The lowest BCUT2D eigenvalue weighted by atomic mass is 10.2. The largest absolute Gasteiger partial charge is 0.480 e. The molecule has 0 atom stereocenters. The fourth-order valence-electron chi connectivity index (χ4n) is 2.49. The highest BCUT2D eigenvalue weighted by Crippen LogP contribution is 2.24. The third kappa shape index (κ3) is 3.69. The zero-order valence-electron chi connectivity index (χ0n) is 11.0. The molecule has 1 aliphatic rings. The Hall–Kier alpha value is -2.11. The second kappa shape index (κ2) is 6.36. The molecule has 2 rings (SSSR count). The fraction of sp³-hybridized carbons (Fsp3) is 0.429. The molecule has 108 valence electrons. The Labute approximate surface area is 116 Å². The minimum Gasteiger partial charge on any atom is -0.480 e. The lowest BCUT2D eigenvalue weighted by molar-refractivity contribution is -0.138. The predicted octanol–water partition coefficient (Wildman–Crippen LogP) is 2.69. The molecular weight excluding hydrogens is 263 g/mol. The number of hydrogen-bond acceptors (Lipinski definition) is 2. The number of aliphatic carboxylic acids is 1. The number of benzene rings is 1. The second-order valence-corrected chi connectivity index (χ2v) is 4.90. The molecule has 1 fully saturated rings. The Bertz CT molecular complexity index is 501. The molecule has 0 aliphatic heterocycles. The van der Waals surface area contributed by atoms with Gasteiger partial charge in [-0.3, -0.25) is 4.79 Å². The van der Waals surface area contributed by atoms with E-state index in [4.69, 9.17) is 5.11 Å². The van der Waals surface area contributed by atoms with E-state index in [1.807, 2.05) is 0 Å². The van der Waals surface area contributed by atoms with Crippen molar-refractivity contribution >= 4 is 17.7 Å². The van der Waals surface area contributed by atoms with Crippen LogP contribution in [0.25, 0.3) is 0 Å². The van der Waals surface area contributed by atoms with Gasteiger partial charge in [-0.15, -0.1) is 0 Å². The zero-order chi connectivity index (χ0) is 14.5. The molecule has 1 aromatic rings. The number of rotatable bonds is 4. The van der Waals surface area contributed by atoms with Crippen molar-refractivity contribution in [3.63, 3.8) is 0 Å². The molecule has 0 bridgehead atoms. The molecule has 5 nitrogen and oxygen atoms in total. The van der Waals surface area contributed by atoms with Gasteiger partial charge in [0, 0.05) is 11.7 Å². The van der Waals surface area contributed by atoms with Crippen LogP contribution in [0.2, 0.25) is 0 Å². The smallest absolute Gasteiger partial charge is 0.323 e. The van der Waals surface area contributed by atoms with Crippen LogP contribution in [0.5, 0.6) is 0 Å². The molecule has 2 amide bonds. The van der Waals surface area contributed by atoms with E-state index in [0.29, 0.717) is 5.69 Å². The number of carboxylic acid groups (broad SMARTS) is 1. The van der Waals surface area contributed by atoms with Gasteiger partial charge in [0.15, 0.2) is 0 Å². The van der Waals surface area contributed by atoms with Gasteiger partial charge < -0.3 is 15.3 Å². The molecule has 1 aliphatic carbocycles. The van der Waals surface area contributed by atoms with E-state index in [9.17, 15) is 14.0 Å². The molecule has 1 saturated carbocycles. The molecule has 0 unspecified atom stereocenters. The summed E-state index contributed by atoms with van der Waals surface area (Å²) >= 11 is 0. The number of nitrogens with one attached hydrogen (secondary N) is 1. The molecule has 0 saturated heterocycles. The predicted molar refractivity (Wildman–Crippen MR) is 72.0 cm³/mol. The van der Waals surface area contributed by atoms with Crippen LogP contribution in [0.1, 0.15) is 25.7 Å². The molecule has 2 N–H and O–H groups in total. The normalized spacial score (nSPS) is 15.1.